The summed E-state index contributed by atoms with van der Waals surface area (Å²) in [6.07, 6.45) is 3.88. The molecule has 0 unspecified atom stereocenters. The van der Waals surface area contributed by atoms with Crippen molar-refractivity contribution in [2.45, 2.75) is 55.7 Å². The quantitative estimate of drug-likeness (QED) is 0.338. The number of hydrogen-bond donors (Lipinski definition) is 2. The highest BCUT2D eigenvalue weighted by Crippen LogP contribution is 2.59. The van der Waals surface area contributed by atoms with Crippen molar-refractivity contribution in [3.8, 4) is 0 Å². The molecule has 3 amide bonds. The SMILES string of the molecule is COC[C@H]1NC(=O)CC/C=C\CN(c2ccccc2Cl)C(=O)[C@@H]2N([C@H](C)CO)C(=O)[C@H]3[C@H](C(=O)O[C@@H]1c1ccccc1)[C@H]1O[C@@]23C=C1Br. The highest BCUT2D eigenvalue weighted by Gasteiger charge is 2.75. The second-order valence-corrected chi connectivity index (χ2v) is 13.7. The number of hydrogen-bond acceptors (Lipinski definition) is 8. The van der Waals surface area contributed by atoms with Crippen molar-refractivity contribution in [3.05, 3.63) is 87.9 Å². The van der Waals surface area contributed by atoms with E-state index in [1.807, 2.05) is 6.07 Å². The van der Waals surface area contributed by atoms with Gasteiger partial charge in [-0.1, -0.05) is 82.1 Å². The van der Waals surface area contributed by atoms with Crippen LogP contribution in [0.15, 0.2) is 77.3 Å². The lowest BCUT2D eigenvalue weighted by Gasteiger charge is -2.38. The number of likely N-dealkylation sites (tertiary alicyclic amines) is 1. The van der Waals surface area contributed by atoms with E-state index in [0.717, 1.165) is 0 Å². The van der Waals surface area contributed by atoms with Gasteiger partial charge in [0.05, 0.1) is 41.9 Å². The fourth-order valence-electron chi connectivity index (χ4n) is 7.30. The molecule has 4 aliphatic heterocycles. The molecule has 2 aromatic carbocycles. The number of ether oxygens (including phenoxy) is 3. The van der Waals surface area contributed by atoms with Gasteiger partial charge in [0.1, 0.15) is 29.8 Å². The van der Waals surface area contributed by atoms with Crippen LogP contribution in [-0.2, 0) is 33.4 Å². The van der Waals surface area contributed by atoms with Gasteiger partial charge in [0.15, 0.2) is 0 Å². The van der Waals surface area contributed by atoms with Crippen LogP contribution in [0.3, 0.4) is 0 Å². The van der Waals surface area contributed by atoms with Crippen LogP contribution in [0.2, 0.25) is 5.02 Å². The van der Waals surface area contributed by atoms with Crippen LogP contribution in [0, 0.1) is 11.8 Å². The zero-order valence-electron chi connectivity index (χ0n) is 26.5. The number of para-hydroxylation sites is 1. The Labute approximate surface area is 292 Å². The van der Waals surface area contributed by atoms with E-state index in [9.17, 15) is 24.3 Å². The normalized spacial score (nSPS) is 32.1. The van der Waals surface area contributed by atoms with Gasteiger partial charge in [0.2, 0.25) is 11.8 Å². The van der Waals surface area contributed by atoms with Crippen LogP contribution in [0.25, 0.3) is 0 Å². The van der Waals surface area contributed by atoms with Crippen molar-refractivity contribution >= 4 is 56.9 Å². The summed E-state index contributed by atoms with van der Waals surface area (Å²) in [4.78, 5) is 59.8. The Balaban J connectivity index is 1.50. The zero-order valence-corrected chi connectivity index (χ0v) is 28.8. The van der Waals surface area contributed by atoms with Crippen molar-refractivity contribution in [1.29, 1.82) is 0 Å². The molecule has 6 rings (SSSR count). The number of rotatable bonds is 6. The maximum absolute atomic E-state index is 14.9. The van der Waals surface area contributed by atoms with Crippen LogP contribution >= 0.6 is 27.5 Å². The third kappa shape index (κ3) is 5.98. The molecular formula is C35H37BrClN3O8. The third-order valence-electron chi connectivity index (χ3n) is 9.44. The smallest absolute Gasteiger partial charge is 0.313 e. The molecule has 0 aliphatic carbocycles. The Morgan fingerprint density at radius 3 is 2.50 bits per heavy atom. The third-order valence-corrected chi connectivity index (χ3v) is 10.4. The van der Waals surface area contributed by atoms with Crippen LogP contribution in [0.4, 0.5) is 5.69 Å². The van der Waals surface area contributed by atoms with Gasteiger partial charge >= 0.3 is 5.97 Å². The number of nitrogens with one attached hydrogen (secondary N) is 1. The zero-order chi connectivity index (χ0) is 34.2. The number of nitrogens with zero attached hydrogens (tertiary/aromatic N) is 2. The molecule has 11 nitrogen and oxygen atoms in total. The number of anilines is 1. The van der Waals surface area contributed by atoms with Crippen molar-refractivity contribution in [2.24, 2.45) is 11.8 Å². The number of aliphatic hydroxyl groups excluding tert-OH is 1. The van der Waals surface area contributed by atoms with Crippen LogP contribution in [-0.4, -0.2) is 90.4 Å². The van der Waals surface area contributed by atoms with Crippen LogP contribution < -0.4 is 10.2 Å². The average Bonchev–Trinajstić information content (AvgIpc) is 3.68. The van der Waals surface area contributed by atoms with E-state index >= 15 is 0 Å². The second kappa shape index (κ2) is 14.1. The Morgan fingerprint density at radius 1 is 1.06 bits per heavy atom. The topological polar surface area (TPSA) is 135 Å². The molecule has 2 N–H and O–H groups in total. The Morgan fingerprint density at radius 2 is 1.79 bits per heavy atom. The number of benzene rings is 2. The molecule has 2 saturated heterocycles. The molecule has 8 atom stereocenters. The molecule has 1 spiro atoms. The van der Waals surface area contributed by atoms with Crippen molar-refractivity contribution < 1.29 is 38.5 Å². The number of halogens is 2. The number of amides is 3. The summed E-state index contributed by atoms with van der Waals surface area (Å²) in [5.41, 5.74) is -0.520. The summed E-state index contributed by atoms with van der Waals surface area (Å²) in [6.45, 7) is 1.32. The Kier molecular flexibility index (Phi) is 10.1. The van der Waals surface area contributed by atoms with Gasteiger partial charge < -0.3 is 34.4 Å². The van der Waals surface area contributed by atoms with E-state index in [0.29, 0.717) is 27.2 Å². The highest BCUT2D eigenvalue weighted by molar-refractivity contribution is 9.11. The lowest BCUT2D eigenvalue weighted by Crippen LogP contribution is -2.58. The molecule has 0 radical (unpaired) electrons. The first kappa shape index (κ1) is 34.3. The van der Waals surface area contributed by atoms with Crippen LogP contribution in [0.5, 0.6) is 0 Å². The molecule has 2 fully saturated rings. The predicted octanol–water partition coefficient (Wildman–Crippen LogP) is 3.69. The highest BCUT2D eigenvalue weighted by atomic mass is 79.9. The molecule has 4 heterocycles. The summed E-state index contributed by atoms with van der Waals surface area (Å²) >= 11 is 10.2. The lowest BCUT2D eigenvalue weighted by atomic mass is 9.74. The first-order chi connectivity index (χ1) is 23.1. The summed E-state index contributed by atoms with van der Waals surface area (Å²) in [5.74, 6) is -4.29. The van der Waals surface area contributed by atoms with E-state index in [1.165, 1.54) is 16.9 Å². The van der Waals surface area contributed by atoms with E-state index < -0.39 is 72.2 Å². The Hall–Kier alpha value is -3.55. The number of allylic oxidation sites excluding steroid dienone is 1. The standard InChI is InChI=1S/C35H37BrClN3O8/c1-20(18-41)40-31-33(44)39(25-14-9-8-13-23(25)37)16-10-4-7-15-26(42)38-24(19-46-2)29(21-11-5-3-6-12-21)47-34(45)27-28(32(40)43)35(31)17-22(36)30(27)48-35/h3-6,8-14,17,20,24,27-31,41H,7,15-16,18-19H2,1-2H3,(H,38,42)/b10-4-/t20-,24-,27+,28-,29-,30+,31+,35-/m1/s1. The predicted molar refractivity (Wildman–Crippen MR) is 180 cm³/mol. The minimum absolute atomic E-state index is 0.0417. The van der Waals surface area contributed by atoms with E-state index in [-0.39, 0.29) is 25.5 Å². The Bertz CT molecular complexity index is 1640. The molecule has 2 aromatic rings. The molecule has 0 aromatic heterocycles. The van der Waals surface area contributed by atoms with Gasteiger partial charge in [-0.3, -0.25) is 19.2 Å². The van der Waals surface area contributed by atoms with E-state index in [4.69, 9.17) is 25.8 Å². The van der Waals surface area contributed by atoms with E-state index in [2.05, 4.69) is 21.2 Å². The fraction of sp³-hybridized carbons (Fsp3) is 0.429. The van der Waals surface area contributed by atoms with Crippen molar-refractivity contribution in [3.63, 3.8) is 0 Å². The summed E-state index contributed by atoms with van der Waals surface area (Å²) in [6, 6.07) is 13.1. The number of aliphatic hydroxyl groups is 1. The van der Waals surface area contributed by atoms with E-state index in [1.54, 1.807) is 73.7 Å². The minimum Gasteiger partial charge on any atom is -0.455 e. The summed E-state index contributed by atoms with van der Waals surface area (Å²) in [7, 11) is 1.49. The number of carbonyl (C=O) groups is 4. The number of carbonyl (C=O) groups excluding carboxylic acids is 4. The van der Waals surface area contributed by atoms with Gasteiger partial charge in [-0.05, 0) is 37.1 Å². The maximum atomic E-state index is 14.9. The average molecular weight is 743 g/mol. The molecule has 254 valence electrons. The van der Waals surface area contributed by atoms with Crippen molar-refractivity contribution in [2.75, 3.05) is 31.8 Å². The number of esters is 1. The second-order valence-electron chi connectivity index (χ2n) is 12.4. The summed E-state index contributed by atoms with van der Waals surface area (Å²) < 4.78 is 18.8. The molecular weight excluding hydrogens is 706 g/mol. The van der Waals surface area contributed by atoms with Gasteiger partial charge in [0.25, 0.3) is 5.91 Å². The van der Waals surface area contributed by atoms with Crippen molar-refractivity contribution in [1.82, 2.24) is 10.2 Å². The first-order valence-electron chi connectivity index (χ1n) is 15.9. The van der Waals surface area contributed by atoms with Gasteiger partial charge in [-0.25, -0.2) is 0 Å². The monoisotopic (exact) mass is 741 g/mol. The molecule has 4 aliphatic rings. The van der Waals surface area contributed by atoms with Gasteiger partial charge in [-0.15, -0.1) is 0 Å². The molecule has 13 heteroatoms. The molecule has 48 heavy (non-hydrogen) atoms. The van der Waals surface area contributed by atoms with Gasteiger partial charge in [-0.2, -0.15) is 0 Å². The number of methoxy groups -OCH3 is 1. The maximum Gasteiger partial charge on any atom is 0.313 e. The number of cyclic esters (lactones) is 1. The first-order valence-corrected chi connectivity index (χ1v) is 17.0. The molecule has 5 bridgehead atoms. The van der Waals surface area contributed by atoms with Crippen LogP contribution in [0.1, 0.15) is 31.4 Å². The van der Waals surface area contributed by atoms with Gasteiger partial charge in [0, 0.05) is 24.6 Å². The largest absolute Gasteiger partial charge is 0.455 e. The molecule has 0 saturated carbocycles. The number of fused-ring (bicyclic) bond motifs is 2. The summed E-state index contributed by atoms with van der Waals surface area (Å²) in [5, 5.41) is 13.6. The lowest BCUT2D eigenvalue weighted by molar-refractivity contribution is -0.162. The fourth-order valence-corrected chi connectivity index (χ4v) is 8.27. The minimum atomic E-state index is -1.55.